The SMILES string of the molecule is C=CCCCCCC=CCCC(=O)O. The van der Waals surface area contributed by atoms with Crippen molar-refractivity contribution in [2.24, 2.45) is 0 Å². The van der Waals surface area contributed by atoms with Gasteiger partial charge in [-0.05, 0) is 32.1 Å². The van der Waals surface area contributed by atoms with Crippen LogP contribution in [0.25, 0.3) is 0 Å². The maximum Gasteiger partial charge on any atom is 0.303 e. The minimum Gasteiger partial charge on any atom is -0.481 e. The quantitative estimate of drug-likeness (QED) is 0.452. The number of hydrogen-bond acceptors (Lipinski definition) is 1. The minimum atomic E-state index is -0.722. The molecule has 2 nitrogen and oxygen atoms in total. The maximum atomic E-state index is 10.2. The molecule has 0 aromatic carbocycles. The molecular weight excluding hydrogens is 176 g/mol. The molecule has 0 aliphatic carbocycles. The van der Waals surface area contributed by atoms with Gasteiger partial charge < -0.3 is 5.11 Å². The molecule has 0 saturated carbocycles. The smallest absolute Gasteiger partial charge is 0.303 e. The molecule has 0 rings (SSSR count). The summed E-state index contributed by atoms with van der Waals surface area (Å²) in [5, 5.41) is 8.37. The van der Waals surface area contributed by atoms with Crippen molar-refractivity contribution < 1.29 is 9.90 Å². The normalized spacial score (nSPS) is 10.6. The van der Waals surface area contributed by atoms with E-state index in [2.05, 4.69) is 12.7 Å². The number of carboxylic acids is 1. The molecule has 14 heavy (non-hydrogen) atoms. The average molecular weight is 196 g/mol. The predicted octanol–water partition coefficient (Wildman–Crippen LogP) is 3.54. The first-order valence-electron chi connectivity index (χ1n) is 5.25. The van der Waals surface area contributed by atoms with E-state index in [1.165, 1.54) is 19.3 Å². The number of allylic oxidation sites excluding steroid dienone is 3. The van der Waals surface area contributed by atoms with Crippen LogP contribution in [-0.4, -0.2) is 11.1 Å². The molecule has 2 heteroatoms. The van der Waals surface area contributed by atoms with Crippen LogP contribution in [-0.2, 0) is 4.79 Å². The second kappa shape index (κ2) is 10.0. The number of carboxylic acid groups (broad SMARTS) is 1. The molecule has 0 saturated heterocycles. The van der Waals surface area contributed by atoms with Gasteiger partial charge in [0.1, 0.15) is 0 Å². The van der Waals surface area contributed by atoms with E-state index in [9.17, 15) is 4.79 Å². The summed E-state index contributed by atoms with van der Waals surface area (Å²) in [6, 6.07) is 0. The van der Waals surface area contributed by atoms with Crippen LogP contribution in [0.4, 0.5) is 0 Å². The highest BCUT2D eigenvalue weighted by Gasteiger charge is 1.91. The molecule has 0 aromatic heterocycles. The van der Waals surface area contributed by atoms with Crippen molar-refractivity contribution in [1.29, 1.82) is 0 Å². The van der Waals surface area contributed by atoms with E-state index >= 15 is 0 Å². The van der Waals surface area contributed by atoms with Crippen LogP contribution in [0, 0.1) is 0 Å². The fraction of sp³-hybridized carbons (Fsp3) is 0.583. The summed E-state index contributed by atoms with van der Waals surface area (Å²) in [4.78, 5) is 10.2. The lowest BCUT2D eigenvalue weighted by atomic mass is 10.1. The summed E-state index contributed by atoms with van der Waals surface area (Å²) in [5.41, 5.74) is 0. The van der Waals surface area contributed by atoms with E-state index < -0.39 is 5.97 Å². The van der Waals surface area contributed by atoms with Gasteiger partial charge in [0.25, 0.3) is 0 Å². The van der Waals surface area contributed by atoms with Crippen molar-refractivity contribution >= 4 is 5.97 Å². The third kappa shape index (κ3) is 11.0. The molecular formula is C12H20O2. The molecule has 0 aliphatic rings. The van der Waals surface area contributed by atoms with Gasteiger partial charge in [-0.3, -0.25) is 4.79 Å². The molecule has 0 heterocycles. The van der Waals surface area contributed by atoms with Crippen LogP contribution < -0.4 is 0 Å². The minimum absolute atomic E-state index is 0.243. The molecule has 0 atom stereocenters. The fourth-order valence-corrected chi connectivity index (χ4v) is 1.17. The standard InChI is InChI=1S/C12H20O2/c1-2-3-4-5-6-7-8-9-10-11-12(13)14/h2,8-9H,1,3-7,10-11H2,(H,13,14). The Hall–Kier alpha value is -1.05. The average Bonchev–Trinajstić information content (AvgIpc) is 2.15. The van der Waals surface area contributed by atoms with Crippen LogP contribution in [0.2, 0.25) is 0 Å². The van der Waals surface area contributed by atoms with Crippen LogP contribution in [0.5, 0.6) is 0 Å². The summed E-state index contributed by atoms with van der Waals surface area (Å²) in [7, 11) is 0. The molecule has 0 aliphatic heterocycles. The zero-order chi connectivity index (χ0) is 10.6. The van der Waals surface area contributed by atoms with Crippen LogP contribution >= 0.6 is 0 Å². The first-order chi connectivity index (χ1) is 6.77. The lowest BCUT2D eigenvalue weighted by Crippen LogP contribution is -1.91. The Morgan fingerprint density at radius 2 is 1.71 bits per heavy atom. The number of hydrogen-bond donors (Lipinski definition) is 1. The van der Waals surface area contributed by atoms with Gasteiger partial charge in [-0.1, -0.05) is 24.6 Å². The third-order valence-electron chi connectivity index (χ3n) is 1.97. The second-order valence-electron chi connectivity index (χ2n) is 3.33. The second-order valence-corrected chi connectivity index (χ2v) is 3.33. The third-order valence-corrected chi connectivity index (χ3v) is 1.97. The van der Waals surface area contributed by atoms with E-state index in [1.54, 1.807) is 0 Å². The van der Waals surface area contributed by atoms with Gasteiger partial charge >= 0.3 is 5.97 Å². The summed E-state index contributed by atoms with van der Waals surface area (Å²) in [6.45, 7) is 3.67. The van der Waals surface area contributed by atoms with Gasteiger partial charge in [0.05, 0.1) is 0 Å². The Labute approximate surface area is 86.3 Å². The Morgan fingerprint density at radius 1 is 1.07 bits per heavy atom. The lowest BCUT2D eigenvalue weighted by Gasteiger charge is -1.94. The molecule has 1 N–H and O–H groups in total. The molecule has 0 unspecified atom stereocenters. The number of aliphatic carboxylic acids is 1. The van der Waals surface area contributed by atoms with Crippen molar-refractivity contribution in [3.8, 4) is 0 Å². The zero-order valence-corrected chi connectivity index (χ0v) is 8.74. The molecule has 0 fully saturated rings. The van der Waals surface area contributed by atoms with Crippen molar-refractivity contribution in [2.75, 3.05) is 0 Å². The first kappa shape index (κ1) is 12.9. The van der Waals surface area contributed by atoms with Crippen molar-refractivity contribution in [3.05, 3.63) is 24.8 Å². The Kier molecular flexibility index (Phi) is 9.28. The van der Waals surface area contributed by atoms with Gasteiger partial charge in [0, 0.05) is 6.42 Å². The van der Waals surface area contributed by atoms with Crippen LogP contribution in [0.15, 0.2) is 24.8 Å². The highest BCUT2D eigenvalue weighted by molar-refractivity contribution is 5.66. The number of rotatable bonds is 9. The number of carbonyl (C=O) groups is 1. The molecule has 80 valence electrons. The van der Waals surface area contributed by atoms with Crippen molar-refractivity contribution in [2.45, 2.75) is 44.9 Å². The monoisotopic (exact) mass is 196 g/mol. The lowest BCUT2D eigenvalue weighted by molar-refractivity contribution is -0.136. The van der Waals surface area contributed by atoms with Gasteiger partial charge in [0.15, 0.2) is 0 Å². The largest absolute Gasteiger partial charge is 0.481 e. The highest BCUT2D eigenvalue weighted by Crippen LogP contribution is 2.04. The van der Waals surface area contributed by atoms with Crippen molar-refractivity contribution in [1.82, 2.24) is 0 Å². The molecule has 0 radical (unpaired) electrons. The Balaban J connectivity index is 3.10. The summed E-state index contributed by atoms with van der Waals surface area (Å²) in [6.07, 6.45) is 12.7. The van der Waals surface area contributed by atoms with Crippen LogP contribution in [0.3, 0.4) is 0 Å². The van der Waals surface area contributed by atoms with Gasteiger partial charge in [0.2, 0.25) is 0 Å². The fourth-order valence-electron chi connectivity index (χ4n) is 1.17. The predicted molar refractivity (Wildman–Crippen MR) is 59.3 cm³/mol. The summed E-state index contributed by atoms with van der Waals surface area (Å²) in [5.74, 6) is -0.722. The van der Waals surface area contributed by atoms with E-state index in [0.717, 1.165) is 12.8 Å². The number of unbranched alkanes of at least 4 members (excludes halogenated alkanes) is 4. The van der Waals surface area contributed by atoms with Crippen molar-refractivity contribution in [3.63, 3.8) is 0 Å². The molecule has 0 aromatic rings. The van der Waals surface area contributed by atoms with E-state index in [4.69, 9.17) is 5.11 Å². The van der Waals surface area contributed by atoms with E-state index in [1.807, 2.05) is 12.2 Å². The topological polar surface area (TPSA) is 37.3 Å². The highest BCUT2D eigenvalue weighted by atomic mass is 16.4. The Morgan fingerprint density at radius 3 is 2.36 bits per heavy atom. The molecule has 0 bridgehead atoms. The maximum absolute atomic E-state index is 10.2. The Bertz CT molecular complexity index is 183. The van der Waals surface area contributed by atoms with E-state index in [0.29, 0.717) is 6.42 Å². The molecule has 0 amide bonds. The van der Waals surface area contributed by atoms with Gasteiger partial charge in [-0.15, -0.1) is 6.58 Å². The van der Waals surface area contributed by atoms with Gasteiger partial charge in [-0.25, -0.2) is 0 Å². The van der Waals surface area contributed by atoms with E-state index in [-0.39, 0.29) is 6.42 Å². The van der Waals surface area contributed by atoms with Crippen LogP contribution in [0.1, 0.15) is 44.9 Å². The molecule has 0 spiro atoms. The summed E-state index contributed by atoms with van der Waals surface area (Å²) < 4.78 is 0. The first-order valence-corrected chi connectivity index (χ1v) is 5.25. The summed E-state index contributed by atoms with van der Waals surface area (Å²) >= 11 is 0. The van der Waals surface area contributed by atoms with Gasteiger partial charge in [-0.2, -0.15) is 0 Å². The zero-order valence-electron chi connectivity index (χ0n) is 8.74.